The van der Waals surface area contributed by atoms with Gasteiger partial charge in [0.25, 0.3) is 0 Å². The van der Waals surface area contributed by atoms with E-state index in [2.05, 4.69) is 44.3 Å². The number of ether oxygens (including phenoxy) is 1. The Balaban J connectivity index is 1.11. The maximum absolute atomic E-state index is 10.4. The molecule has 2 saturated heterocycles. The average molecular weight is 407 g/mol. The first-order chi connectivity index (χ1) is 14.7. The normalized spacial score (nSPS) is 19.6. The summed E-state index contributed by atoms with van der Waals surface area (Å²) < 4.78 is 5.89. The van der Waals surface area contributed by atoms with Gasteiger partial charge in [0.1, 0.15) is 18.5 Å². The van der Waals surface area contributed by atoms with Crippen LogP contribution < -0.4 is 4.74 Å². The number of piperidine rings is 1. The lowest BCUT2D eigenvalue weighted by atomic mass is 10.0. The van der Waals surface area contributed by atoms with Gasteiger partial charge in [-0.05, 0) is 60.5 Å². The molecule has 0 amide bonds. The van der Waals surface area contributed by atoms with E-state index < -0.39 is 6.10 Å². The van der Waals surface area contributed by atoms with Crippen LogP contribution in [0.4, 0.5) is 0 Å². The van der Waals surface area contributed by atoms with Crippen molar-refractivity contribution in [2.45, 2.75) is 31.4 Å². The molecule has 158 valence electrons. The van der Waals surface area contributed by atoms with E-state index in [1.165, 1.54) is 32.4 Å². The Morgan fingerprint density at radius 3 is 2.63 bits per heavy atom. The van der Waals surface area contributed by atoms with Gasteiger partial charge in [0, 0.05) is 37.4 Å². The Hall–Kier alpha value is -2.41. The topological polar surface area (TPSA) is 64.6 Å². The van der Waals surface area contributed by atoms with Gasteiger partial charge >= 0.3 is 0 Å². The number of rotatable bonds is 7. The molecule has 2 aromatic carbocycles. The molecule has 6 heteroatoms. The number of aromatic nitrogens is 2. The molecule has 30 heavy (non-hydrogen) atoms. The van der Waals surface area contributed by atoms with Crippen molar-refractivity contribution in [1.29, 1.82) is 0 Å². The third-order valence-corrected chi connectivity index (χ3v) is 6.40. The summed E-state index contributed by atoms with van der Waals surface area (Å²) >= 11 is 0. The lowest BCUT2D eigenvalue weighted by Gasteiger charge is -2.47. The summed E-state index contributed by atoms with van der Waals surface area (Å²) in [5, 5.41) is 19.6. The van der Waals surface area contributed by atoms with Gasteiger partial charge in [-0.1, -0.05) is 24.6 Å². The van der Waals surface area contributed by atoms with Crippen molar-refractivity contribution < 1.29 is 9.84 Å². The van der Waals surface area contributed by atoms with E-state index in [0.717, 1.165) is 40.7 Å². The Morgan fingerprint density at radius 2 is 1.83 bits per heavy atom. The van der Waals surface area contributed by atoms with Crippen molar-refractivity contribution in [3.05, 3.63) is 48.8 Å². The number of H-pyrrole nitrogens is 1. The van der Waals surface area contributed by atoms with Crippen LogP contribution in [-0.2, 0) is 0 Å². The minimum absolute atomic E-state index is 0.323. The minimum Gasteiger partial charge on any atom is -0.491 e. The monoisotopic (exact) mass is 406 g/mol. The fourth-order valence-corrected chi connectivity index (χ4v) is 4.65. The molecule has 1 atom stereocenters. The molecule has 0 spiro atoms. The van der Waals surface area contributed by atoms with Gasteiger partial charge in [-0.25, -0.2) is 0 Å². The number of nitrogens with one attached hydrogen (secondary N) is 1. The average Bonchev–Trinajstić information content (AvgIpc) is 3.29. The number of hydrogen-bond acceptors (Lipinski definition) is 5. The van der Waals surface area contributed by atoms with Gasteiger partial charge in [-0.15, -0.1) is 0 Å². The van der Waals surface area contributed by atoms with Gasteiger partial charge in [0.15, 0.2) is 0 Å². The van der Waals surface area contributed by atoms with Crippen molar-refractivity contribution in [1.82, 2.24) is 20.0 Å². The Bertz CT molecular complexity index is 963. The van der Waals surface area contributed by atoms with E-state index >= 15 is 0 Å². The maximum Gasteiger partial charge on any atom is 0.120 e. The van der Waals surface area contributed by atoms with Crippen LogP contribution in [0.2, 0.25) is 0 Å². The molecule has 1 unspecified atom stereocenters. The van der Waals surface area contributed by atoms with Gasteiger partial charge in [-0.3, -0.25) is 14.9 Å². The first kappa shape index (κ1) is 19.5. The number of hydrogen-bond donors (Lipinski definition) is 2. The first-order valence-electron chi connectivity index (χ1n) is 11.0. The van der Waals surface area contributed by atoms with E-state index in [0.29, 0.717) is 19.2 Å². The van der Waals surface area contributed by atoms with E-state index in [-0.39, 0.29) is 0 Å². The van der Waals surface area contributed by atoms with Crippen molar-refractivity contribution >= 4 is 10.8 Å². The summed E-state index contributed by atoms with van der Waals surface area (Å²) in [6.45, 7) is 5.65. The van der Waals surface area contributed by atoms with Crippen LogP contribution in [-0.4, -0.2) is 76.6 Å². The molecule has 6 nitrogen and oxygen atoms in total. The molecular weight excluding hydrogens is 376 g/mol. The number of benzene rings is 2. The van der Waals surface area contributed by atoms with Crippen molar-refractivity contribution in [3.63, 3.8) is 0 Å². The highest BCUT2D eigenvalue weighted by Crippen LogP contribution is 2.27. The molecule has 0 saturated carbocycles. The number of aliphatic hydroxyl groups excluding tert-OH is 1. The molecular formula is C24H30N4O2. The smallest absolute Gasteiger partial charge is 0.120 e. The molecule has 3 heterocycles. The lowest BCUT2D eigenvalue weighted by Crippen LogP contribution is -2.61. The number of nitrogens with zero attached hydrogens (tertiary/aromatic N) is 3. The minimum atomic E-state index is -0.466. The van der Waals surface area contributed by atoms with Crippen LogP contribution in [0.1, 0.15) is 19.3 Å². The van der Waals surface area contributed by atoms with Crippen molar-refractivity contribution in [3.8, 4) is 16.9 Å². The second-order valence-electron chi connectivity index (χ2n) is 8.64. The summed E-state index contributed by atoms with van der Waals surface area (Å²) in [7, 11) is 0. The zero-order chi connectivity index (χ0) is 20.3. The summed E-state index contributed by atoms with van der Waals surface area (Å²) in [6.07, 6.45) is 7.31. The van der Waals surface area contributed by atoms with E-state index in [4.69, 9.17) is 4.74 Å². The summed E-state index contributed by atoms with van der Waals surface area (Å²) in [6, 6.07) is 13.1. The van der Waals surface area contributed by atoms with Crippen molar-refractivity contribution in [2.75, 3.05) is 39.3 Å². The third-order valence-electron chi connectivity index (χ3n) is 6.40. The molecule has 0 aliphatic carbocycles. The first-order valence-corrected chi connectivity index (χ1v) is 11.0. The second-order valence-corrected chi connectivity index (χ2v) is 8.64. The van der Waals surface area contributed by atoms with E-state index in [1.807, 2.05) is 24.5 Å². The van der Waals surface area contributed by atoms with Crippen LogP contribution in [0.3, 0.4) is 0 Å². The molecule has 2 N–H and O–H groups in total. The number of β-amino-alcohol motifs (C(OH)–C–C–N with tert-alkyl or cyclic N) is 1. The number of fused-ring (bicyclic) bond motifs is 1. The number of aromatic amines is 1. The van der Waals surface area contributed by atoms with Crippen LogP contribution in [0.5, 0.6) is 5.75 Å². The highest BCUT2D eigenvalue weighted by atomic mass is 16.5. The predicted molar refractivity (Wildman–Crippen MR) is 119 cm³/mol. The summed E-state index contributed by atoms with van der Waals surface area (Å²) in [5.74, 6) is 0.799. The SMILES string of the molecule is OC(COc1ccc2cc(-c3cn[nH]c3)ccc2c1)CN1CC(N2CCCCC2)C1. The van der Waals surface area contributed by atoms with Crippen LogP contribution in [0, 0.1) is 0 Å². The molecule has 1 aromatic heterocycles. The summed E-state index contributed by atoms with van der Waals surface area (Å²) in [4.78, 5) is 4.96. The quantitative estimate of drug-likeness (QED) is 0.631. The molecule has 2 fully saturated rings. The molecule has 0 bridgehead atoms. The lowest BCUT2D eigenvalue weighted by molar-refractivity contribution is -0.0126. The number of likely N-dealkylation sites (tertiary alicyclic amines) is 2. The van der Waals surface area contributed by atoms with E-state index in [1.54, 1.807) is 0 Å². The standard InChI is InChI=1S/C24H30N4O2/c29-23(16-27-14-22(15-27)28-8-2-1-3-9-28)17-30-24-7-6-18-10-19(4-5-20(18)11-24)21-12-25-26-13-21/h4-7,10-13,22-23,29H,1-3,8-9,14-17H2,(H,25,26). The Labute approximate surface area is 177 Å². The Kier molecular flexibility index (Phi) is 5.71. The fraction of sp³-hybridized carbons (Fsp3) is 0.458. The molecule has 2 aliphatic rings. The molecule has 2 aliphatic heterocycles. The van der Waals surface area contributed by atoms with Gasteiger partial charge < -0.3 is 9.84 Å². The fourth-order valence-electron chi connectivity index (χ4n) is 4.65. The van der Waals surface area contributed by atoms with Gasteiger partial charge in [-0.2, -0.15) is 5.10 Å². The number of aliphatic hydroxyl groups is 1. The van der Waals surface area contributed by atoms with Crippen LogP contribution in [0.25, 0.3) is 21.9 Å². The second kappa shape index (κ2) is 8.76. The molecule has 5 rings (SSSR count). The highest BCUT2D eigenvalue weighted by Gasteiger charge is 2.33. The summed E-state index contributed by atoms with van der Waals surface area (Å²) in [5.41, 5.74) is 2.21. The predicted octanol–water partition coefficient (Wildman–Crippen LogP) is 3.14. The van der Waals surface area contributed by atoms with Crippen molar-refractivity contribution in [2.24, 2.45) is 0 Å². The molecule has 3 aromatic rings. The van der Waals surface area contributed by atoms with Gasteiger partial charge in [0.2, 0.25) is 0 Å². The largest absolute Gasteiger partial charge is 0.491 e. The molecule has 0 radical (unpaired) electrons. The van der Waals surface area contributed by atoms with Crippen LogP contribution in [0.15, 0.2) is 48.8 Å². The zero-order valence-corrected chi connectivity index (χ0v) is 17.3. The maximum atomic E-state index is 10.4. The Morgan fingerprint density at radius 1 is 1.03 bits per heavy atom. The van der Waals surface area contributed by atoms with E-state index in [9.17, 15) is 5.11 Å². The highest BCUT2D eigenvalue weighted by molar-refractivity contribution is 5.88. The van der Waals surface area contributed by atoms with Gasteiger partial charge in [0.05, 0.1) is 6.20 Å². The zero-order valence-electron chi connectivity index (χ0n) is 17.3. The third kappa shape index (κ3) is 4.36. The van der Waals surface area contributed by atoms with Crippen LogP contribution >= 0.6 is 0 Å².